The molecule has 0 aromatic heterocycles. The van der Waals surface area contributed by atoms with Gasteiger partial charge in [-0.2, -0.15) is 0 Å². The van der Waals surface area contributed by atoms with Crippen molar-refractivity contribution in [2.75, 3.05) is 26.0 Å². The summed E-state index contributed by atoms with van der Waals surface area (Å²) in [6.07, 6.45) is 0.0411. The van der Waals surface area contributed by atoms with E-state index in [1.54, 1.807) is 18.9 Å². The standard InChI is InChI=1S/C10H21NO3S/c1-8(2)15-7-10(13)11-5-4-9(12)6-14-3/h8-9,12H,4-7H2,1-3H3,(H,11,13). The molecule has 0 bridgehead atoms. The maximum Gasteiger partial charge on any atom is 0.230 e. The van der Waals surface area contributed by atoms with Gasteiger partial charge in [0.15, 0.2) is 0 Å². The van der Waals surface area contributed by atoms with E-state index >= 15 is 0 Å². The van der Waals surface area contributed by atoms with E-state index in [1.807, 2.05) is 0 Å². The first-order chi connectivity index (χ1) is 7.06. The van der Waals surface area contributed by atoms with Gasteiger partial charge in [-0.1, -0.05) is 13.8 Å². The van der Waals surface area contributed by atoms with Crippen molar-refractivity contribution in [3.05, 3.63) is 0 Å². The van der Waals surface area contributed by atoms with E-state index in [2.05, 4.69) is 19.2 Å². The molecule has 1 amide bonds. The van der Waals surface area contributed by atoms with Gasteiger partial charge in [0.05, 0.1) is 18.5 Å². The summed E-state index contributed by atoms with van der Waals surface area (Å²) in [5.74, 6) is 0.510. The Balaban J connectivity index is 3.38. The third-order valence-electron chi connectivity index (χ3n) is 1.71. The second-order valence-corrected chi connectivity index (χ2v) is 5.17. The summed E-state index contributed by atoms with van der Waals surface area (Å²) in [6.45, 7) is 4.93. The minimum absolute atomic E-state index is 0.0262. The number of rotatable bonds is 8. The minimum atomic E-state index is -0.493. The summed E-state index contributed by atoms with van der Waals surface area (Å²) in [4.78, 5) is 11.2. The Morgan fingerprint density at radius 1 is 1.53 bits per heavy atom. The second kappa shape index (κ2) is 9.00. The maximum absolute atomic E-state index is 11.2. The number of carbonyl (C=O) groups excluding carboxylic acids is 1. The maximum atomic E-state index is 11.2. The first-order valence-electron chi connectivity index (χ1n) is 5.11. The molecular formula is C10H21NO3S. The van der Waals surface area contributed by atoms with Crippen LogP contribution in [0.25, 0.3) is 0 Å². The van der Waals surface area contributed by atoms with Crippen molar-refractivity contribution < 1.29 is 14.6 Å². The van der Waals surface area contributed by atoms with Crippen LogP contribution in [-0.4, -0.2) is 48.4 Å². The molecule has 0 saturated heterocycles. The predicted molar refractivity (Wildman–Crippen MR) is 63.1 cm³/mol. The van der Waals surface area contributed by atoms with Gasteiger partial charge in [-0.25, -0.2) is 0 Å². The van der Waals surface area contributed by atoms with Crippen LogP contribution < -0.4 is 5.32 Å². The summed E-state index contributed by atoms with van der Waals surface area (Å²) in [6, 6.07) is 0. The van der Waals surface area contributed by atoms with Crippen molar-refractivity contribution in [1.29, 1.82) is 0 Å². The lowest BCUT2D eigenvalue weighted by molar-refractivity contribution is -0.118. The van der Waals surface area contributed by atoms with Crippen LogP contribution in [0.4, 0.5) is 0 Å². The molecule has 0 fully saturated rings. The molecule has 0 aliphatic rings. The highest BCUT2D eigenvalue weighted by atomic mass is 32.2. The summed E-state index contributed by atoms with van der Waals surface area (Å²) < 4.78 is 4.77. The Kier molecular flexibility index (Phi) is 8.85. The third kappa shape index (κ3) is 10.0. The van der Waals surface area contributed by atoms with Gasteiger partial charge in [-0.15, -0.1) is 11.8 Å². The van der Waals surface area contributed by atoms with E-state index < -0.39 is 6.10 Å². The Bertz CT molecular complexity index is 176. The molecule has 0 aromatic carbocycles. The molecule has 2 N–H and O–H groups in total. The molecule has 0 rings (SSSR count). The first-order valence-corrected chi connectivity index (χ1v) is 6.16. The van der Waals surface area contributed by atoms with Crippen molar-refractivity contribution in [1.82, 2.24) is 5.32 Å². The van der Waals surface area contributed by atoms with Crippen LogP contribution in [0, 0.1) is 0 Å². The van der Waals surface area contributed by atoms with Crippen LogP contribution >= 0.6 is 11.8 Å². The molecule has 0 heterocycles. The molecular weight excluding hydrogens is 214 g/mol. The van der Waals surface area contributed by atoms with Crippen molar-refractivity contribution >= 4 is 17.7 Å². The summed E-state index contributed by atoms with van der Waals surface area (Å²) in [7, 11) is 1.54. The highest BCUT2D eigenvalue weighted by molar-refractivity contribution is 8.00. The SMILES string of the molecule is COCC(O)CCNC(=O)CSC(C)C. The number of thioether (sulfide) groups is 1. The van der Waals surface area contributed by atoms with Gasteiger partial charge in [0, 0.05) is 13.7 Å². The van der Waals surface area contributed by atoms with Crippen LogP contribution in [0.15, 0.2) is 0 Å². The molecule has 4 nitrogen and oxygen atoms in total. The minimum Gasteiger partial charge on any atom is -0.391 e. The number of carbonyl (C=O) groups is 1. The van der Waals surface area contributed by atoms with Gasteiger partial charge in [0.2, 0.25) is 5.91 Å². The molecule has 15 heavy (non-hydrogen) atoms. The van der Waals surface area contributed by atoms with E-state index in [0.717, 1.165) is 0 Å². The third-order valence-corrected chi connectivity index (χ3v) is 2.80. The number of ether oxygens (including phenoxy) is 1. The predicted octanol–water partition coefficient (Wildman–Crippen LogP) is 0.642. The zero-order chi connectivity index (χ0) is 11.7. The molecule has 90 valence electrons. The van der Waals surface area contributed by atoms with Gasteiger partial charge in [0.1, 0.15) is 0 Å². The lowest BCUT2D eigenvalue weighted by Gasteiger charge is -2.10. The Hall–Kier alpha value is -0.260. The molecule has 1 unspecified atom stereocenters. The van der Waals surface area contributed by atoms with Gasteiger partial charge in [-0.05, 0) is 11.7 Å². The zero-order valence-electron chi connectivity index (χ0n) is 9.66. The lowest BCUT2D eigenvalue weighted by atomic mass is 10.3. The first kappa shape index (κ1) is 14.7. The Labute approximate surface area is 95.8 Å². The van der Waals surface area contributed by atoms with E-state index in [4.69, 9.17) is 4.74 Å². The topological polar surface area (TPSA) is 58.6 Å². The van der Waals surface area contributed by atoms with E-state index in [0.29, 0.717) is 30.6 Å². The average Bonchev–Trinajstić information content (AvgIpc) is 2.15. The number of hydrogen-bond donors (Lipinski definition) is 2. The molecule has 0 aromatic rings. The van der Waals surface area contributed by atoms with Crippen LogP contribution in [0.5, 0.6) is 0 Å². The second-order valence-electron chi connectivity index (χ2n) is 3.61. The Morgan fingerprint density at radius 3 is 2.73 bits per heavy atom. The number of aliphatic hydroxyl groups is 1. The molecule has 0 radical (unpaired) electrons. The summed E-state index contributed by atoms with van der Waals surface area (Å²) >= 11 is 1.61. The van der Waals surface area contributed by atoms with Crippen molar-refractivity contribution in [3.8, 4) is 0 Å². The van der Waals surface area contributed by atoms with Crippen LogP contribution in [0.3, 0.4) is 0 Å². The van der Waals surface area contributed by atoms with E-state index in [1.165, 1.54) is 0 Å². The molecule has 0 spiro atoms. The fraction of sp³-hybridized carbons (Fsp3) is 0.900. The monoisotopic (exact) mass is 235 g/mol. The number of aliphatic hydroxyl groups excluding tert-OH is 1. The number of hydrogen-bond acceptors (Lipinski definition) is 4. The average molecular weight is 235 g/mol. The van der Waals surface area contributed by atoms with Crippen molar-refractivity contribution in [2.24, 2.45) is 0 Å². The number of methoxy groups -OCH3 is 1. The number of amides is 1. The van der Waals surface area contributed by atoms with Crippen LogP contribution in [0.2, 0.25) is 0 Å². The summed E-state index contributed by atoms with van der Waals surface area (Å²) in [5.41, 5.74) is 0. The van der Waals surface area contributed by atoms with Gasteiger partial charge in [-0.3, -0.25) is 4.79 Å². The largest absolute Gasteiger partial charge is 0.391 e. The molecule has 5 heteroatoms. The normalized spacial score (nSPS) is 12.9. The quantitative estimate of drug-likeness (QED) is 0.648. The highest BCUT2D eigenvalue weighted by Gasteiger charge is 2.06. The Morgan fingerprint density at radius 2 is 2.20 bits per heavy atom. The number of nitrogens with one attached hydrogen (secondary N) is 1. The molecule has 0 aliphatic heterocycles. The van der Waals surface area contributed by atoms with Gasteiger partial charge < -0.3 is 15.2 Å². The smallest absolute Gasteiger partial charge is 0.230 e. The molecule has 1 atom stereocenters. The van der Waals surface area contributed by atoms with Crippen molar-refractivity contribution in [3.63, 3.8) is 0 Å². The lowest BCUT2D eigenvalue weighted by Crippen LogP contribution is -2.30. The molecule has 0 aliphatic carbocycles. The van der Waals surface area contributed by atoms with Crippen molar-refractivity contribution in [2.45, 2.75) is 31.6 Å². The fourth-order valence-electron chi connectivity index (χ4n) is 0.947. The van der Waals surface area contributed by atoms with E-state index in [9.17, 15) is 9.90 Å². The van der Waals surface area contributed by atoms with Gasteiger partial charge in [0.25, 0.3) is 0 Å². The fourth-order valence-corrected chi connectivity index (χ4v) is 1.53. The molecule has 0 saturated carbocycles. The van der Waals surface area contributed by atoms with Crippen LogP contribution in [0.1, 0.15) is 20.3 Å². The zero-order valence-corrected chi connectivity index (χ0v) is 10.5. The van der Waals surface area contributed by atoms with E-state index in [-0.39, 0.29) is 5.91 Å². The summed E-state index contributed by atoms with van der Waals surface area (Å²) in [5, 5.41) is 12.5. The van der Waals surface area contributed by atoms with Crippen LogP contribution in [-0.2, 0) is 9.53 Å². The van der Waals surface area contributed by atoms with Gasteiger partial charge >= 0.3 is 0 Å². The highest BCUT2D eigenvalue weighted by Crippen LogP contribution is 2.07.